The van der Waals surface area contributed by atoms with E-state index in [1.165, 1.54) is 24.5 Å². The van der Waals surface area contributed by atoms with Crippen LogP contribution in [0.1, 0.15) is 19.8 Å². The van der Waals surface area contributed by atoms with Crippen LogP contribution in [0.25, 0.3) is 0 Å². The van der Waals surface area contributed by atoms with Crippen LogP contribution in [0.5, 0.6) is 0 Å². The van der Waals surface area contributed by atoms with Gasteiger partial charge >= 0.3 is 0 Å². The molecule has 3 heteroatoms. The number of nitrogens with zero attached hydrogens (tertiary/aromatic N) is 1. The zero-order valence-electron chi connectivity index (χ0n) is 7.83. The highest BCUT2D eigenvalue weighted by Gasteiger charge is 2.18. The third kappa shape index (κ3) is 3.78. The number of hydrogen-bond acceptors (Lipinski definition) is 3. The molecule has 1 saturated heterocycles. The summed E-state index contributed by atoms with van der Waals surface area (Å²) in [7, 11) is 0. The zero-order chi connectivity index (χ0) is 8.81. The topological polar surface area (TPSA) is 23.5 Å². The van der Waals surface area contributed by atoms with Crippen molar-refractivity contribution in [2.75, 3.05) is 31.1 Å². The molecule has 12 heavy (non-hydrogen) atoms. The van der Waals surface area contributed by atoms with Gasteiger partial charge in [0.15, 0.2) is 0 Å². The Hall–Kier alpha value is 0.270. The lowest BCUT2D eigenvalue weighted by molar-refractivity contribution is 0.176. The Kier molecular flexibility index (Phi) is 5.04. The predicted molar refractivity (Wildman–Crippen MR) is 54.7 cm³/mol. The molecular formula is C9H19NOS. The first-order valence-corrected chi connectivity index (χ1v) is 5.96. The molecule has 1 rings (SSSR count). The second-order valence-electron chi connectivity index (χ2n) is 3.29. The van der Waals surface area contributed by atoms with Gasteiger partial charge in [-0.05, 0) is 30.9 Å². The SMILES string of the molecule is CCSCCCN1CC[C@H](O)C1. The molecule has 72 valence electrons. The van der Waals surface area contributed by atoms with Crippen molar-refractivity contribution < 1.29 is 5.11 Å². The largest absolute Gasteiger partial charge is 0.392 e. The molecule has 1 aliphatic rings. The maximum absolute atomic E-state index is 9.26. The molecule has 2 nitrogen and oxygen atoms in total. The van der Waals surface area contributed by atoms with E-state index in [0.717, 1.165) is 19.5 Å². The average molecular weight is 189 g/mol. The lowest BCUT2D eigenvalue weighted by Gasteiger charge is -2.13. The van der Waals surface area contributed by atoms with Crippen molar-refractivity contribution in [3.8, 4) is 0 Å². The molecule has 1 atom stereocenters. The molecule has 1 N–H and O–H groups in total. The molecule has 1 aliphatic heterocycles. The van der Waals surface area contributed by atoms with Crippen LogP contribution in [0.15, 0.2) is 0 Å². The summed E-state index contributed by atoms with van der Waals surface area (Å²) in [4.78, 5) is 2.36. The highest BCUT2D eigenvalue weighted by Crippen LogP contribution is 2.10. The van der Waals surface area contributed by atoms with Crippen molar-refractivity contribution in [1.29, 1.82) is 0 Å². The molecule has 0 amide bonds. The first kappa shape index (κ1) is 10.4. The van der Waals surface area contributed by atoms with E-state index in [1.54, 1.807) is 0 Å². The van der Waals surface area contributed by atoms with Gasteiger partial charge in [0.2, 0.25) is 0 Å². The van der Waals surface area contributed by atoms with Crippen molar-refractivity contribution >= 4 is 11.8 Å². The fourth-order valence-electron chi connectivity index (χ4n) is 1.55. The summed E-state index contributed by atoms with van der Waals surface area (Å²) in [5.74, 6) is 2.49. The van der Waals surface area contributed by atoms with E-state index in [2.05, 4.69) is 11.8 Å². The Morgan fingerprint density at radius 3 is 3.00 bits per heavy atom. The van der Waals surface area contributed by atoms with Gasteiger partial charge in [0.05, 0.1) is 6.10 Å². The van der Waals surface area contributed by atoms with E-state index in [9.17, 15) is 5.11 Å². The maximum atomic E-state index is 9.26. The van der Waals surface area contributed by atoms with Gasteiger partial charge < -0.3 is 10.0 Å². The normalized spacial score (nSPS) is 25.0. The summed E-state index contributed by atoms with van der Waals surface area (Å²) in [6, 6.07) is 0. The van der Waals surface area contributed by atoms with Gasteiger partial charge in [-0.3, -0.25) is 0 Å². The number of hydrogen-bond donors (Lipinski definition) is 1. The molecule has 0 saturated carbocycles. The molecule has 0 unspecified atom stereocenters. The van der Waals surface area contributed by atoms with Gasteiger partial charge in [-0.1, -0.05) is 6.92 Å². The monoisotopic (exact) mass is 189 g/mol. The van der Waals surface area contributed by atoms with E-state index >= 15 is 0 Å². The van der Waals surface area contributed by atoms with Crippen LogP contribution in [0, 0.1) is 0 Å². The van der Waals surface area contributed by atoms with Gasteiger partial charge in [-0.2, -0.15) is 11.8 Å². The van der Waals surface area contributed by atoms with E-state index in [1.807, 2.05) is 11.8 Å². The second-order valence-corrected chi connectivity index (χ2v) is 4.69. The Bertz CT molecular complexity index is 121. The van der Waals surface area contributed by atoms with Crippen LogP contribution in [-0.2, 0) is 0 Å². The second kappa shape index (κ2) is 5.84. The quantitative estimate of drug-likeness (QED) is 0.657. The highest BCUT2D eigenvalue weighted by atomic mass is 32.2. The smallest absolute Gasteiger partial charge is 0.0679 e. The Labute approximate surface area is 79.3 Å². The minimum absolute atomic E-state index is 0.0520. The van der Waals surface area contributed by atoms with Gasteiger partial charge in [0.25, 0.3) is 0 Å². The number of aliphatic hydroxyl groups is 1. The van der Waals surface area contributed by atoms with Crippen LogP contribution in [0.2, 0.25) is 0 Å². The molecule has 0 aromatic rings. The number of rotatable bonds is 5. The number of β-amino-alcohol motifs (C(OH)–C–C–N with tert-alkyl or cyclic N) is 1. The summed E-state index contributed by atoms with van der Waals surface area (Å²) in [6.45, 7) is 5.36. The molecule has 0 spiro atoms. The fourth-order valence-corrected chi connectivity index (χ4v) is 2.17. The number of thioether (sulfide) groups is 1. The Morgan fingerprint density at radius 1 is 1.58 bits per heavy atom. The van der Waals surface area contributed by atoms with Crippen molar-refractivity contribution in [1.82, 2.24) is 4.90 Å². The third-order valence-corrected chi connectivity index (χ3v) is 3.20. The molecule has 0 aromatic heterocycles. The highest BCUT2D eigenvalue weighted by molar-refractivity contribution is 7.99. The summed E-state index contributed by atoms with van der Waals surface area (Å²) < 4.78 is 0. The van der Waals surface area contributed by atoms with Crippen molar-refractivity contribution in [2.45, 2.75) is 25.9 Å². The molecule has 0 aliphatic carbocycles. The van der Waals surface area contributed by atoms with E-state index in [0.29, 0.717) is 0 Å². The molecule has 1 heterocycles. The van der Waals surface area contributed by atoms with Crippen molar-refractivity contribution in [2.24, 2.45) is 0 Å². The van der Waals surface area contributed by atoms with Crippen LogP contribution in [0.3, 0.4) is 0 Å². The van der Waals surface area contributed by atoms with Gasteiger partial charge in [-0.15, -0.1) is 0 Å². The van der Waals surface area contributed by atoms with Crippen molar-refractivity contribution in [3.05, 3.63) is 0 Å². The molecule has 0 radical (unpaired) electrons. The molecule has 1 fully saturated rings. The predicted octanol–water partition coefficient (Wildman–Crippen LogP) is 1.20. The molecular weight excluding hydrogens is 170 g/mol. The van der Waals surface area contributed by atoms with Gasteiger partial charge in [-0.25, -0.2) is 0 Å². The van der Waals surface area contributed by atoms with Crippen LogP contribution < -0.4 is 0 Å². The maximum Gasteiger partial charge on any atom is 0.0679 e. The number of likely N-dealkylation sites (tertiary alicyclic amines) is 1. The Balaban J connectivity index is 1.93. The van der Waals surface area contributed by atoms with Crippen LogP contribution in [-0.4, -0.2) is 47.3 Å². The summed E-state index contributed by atoms with van der Waals surface area (Å²) in [5, 5.41) is 9.26. The number of aliphatic hydroxyl groups excluding tert-OH is 1. The van der Waals surface area contributed by atoms with Gasteiger partial charge in [0.1, 0.15) is 0 Å². The summed E-state index contributed by atoms with van der Waals surface area (Å²) in [5.41, 5.74) is 0. The zero-order valence-corrected chi connectivity index (χ0v) is 8.65. The first-order valence-electron chi connectivity index (χ1n) is 4.81. The minimum Gasteiger partial charge on any atom is -0.392 e. The third-order valence-electron chi connectivity index (χ3n) is 2.21. The van der Waals surface area contributed by atoms with Crippen LogP contribution in [0.4, 0.5) is 0 Å². The van der Waals surface area contributed by atoms with E-state index in [-0.39, 0.29) is 6.10 Å². The lowest BCUT2D eigenvalue weighted by atomic mass is 10.3. The molecule has 0 bridgehead atoms. The Morgan fingerprint density at radius 2 is 2.42 bits per heavy atom. The first-order chi connectivity index (χ1) is 5.83. The summed E-state index contributed by atoms with van der Waals surface area (Å²) >= 11 is 2.00. The van der Waals surface area contributed by atoms with E-state index in [4.69, 9.17) is 0 Å². The fraction of sp³-hybridized carbons (Fsp3) is 1.00. The molecule has 0 aromatic carbocycles. The van der Waals surface area contributed by atoms with Crippen LogP contribution >= 0.6 is 11.8 Å². The lowest BCUT2D eigenvalue weighted by Crippen LogP contribution is -2.23. The van der Waals surface area contributed by atoms with Crippen molar-refractivity contribution in [3.63, 3.8) is 0 Å². The summed E-state index contributed by atoms with van der Waals surface area (Å²) in [6.07, 6.45) is 2.19. The average Bonchev–Trinajstić information content (AvgIpc) is 2.45. The van der Waals surface area contributed by atoms with E-state index < -0.39 is 0 Å². The van der Waals surface area contributed by atoms with Gasteiger partial charge in [0, 0.05) is 13.1 Å². The standard InChI is InChI=1S/C9H19NOS/c1-2-12-7-3-5-10-6-4-9(11)8-10/h9,11H,2-8H2,1H3/t9-/m0/s1. The minimum atomic E-state index is -0.0520.